The molecule has 1 aromatic heterocycles. The highest BCUT2D eigenvalue weighted by atomic mass is 19.1. The third kappa shape index (κ3) is 3.27. The first-order valence-corrected chi connectivity index (χ1v) is 8.96. The largest absolute Gasteiger partial charge is 0.348 e. The molecule has 3 nitrogen and oxygen atoms in total. The van der Waals surface area contributed by atoms with E-state index in [4.69, 9.17) is 0 Å². The summed E-state index contributed by atoms with van der Waals surface area (Å²) in [6, 6.07) is 20.6. The maximum Gasteiger partial charge on any atom is 0.223 e. The van der Waals surface area contributed by atoms with Crippen molar-refractivity contribution in [2.24, 2.45) is 0 Å². The van der Waals surface area contributed by atoms with E-state index in [1.165, 1.54) is 12.1 Å². The minimum absolute atomic E-state index is 0.0549. The highest BCUT2D eigenvalue weighted by molar-refractivity contribution is 5.77. The summed E-state index contributed by atoms with van der Waals surface area (Å²) in [5, 5.41) is 0. The van der Waals surface area contributed by atoms with Crippen LogP contribution in [0.2, 0.25) is 0 Å². The van der Waals surface area contributed by atoms with Crippen molar-refractivity contribution in [3.63, 3.8) is 0 Å². The van der Waals surface area contributed by atoms with Crippen LogP contribution in [0.5, 0.6) is 0 Å². The number of nitrogens with zero attached hydrogens (tertiary/aromatic N) is 2. The number of amides is 1. The molecule has 0 spiro atoms. The molecule has 0 fully saturated rings. The number of aryl methyl sites for hydroxylation is 1. The number of fused-ring (bicyclic) bond motifs is 1. The number of benzene rings is 2. The van der Waals surface area contributed by atoms with Gasteiger partial charge in [0.2, 0.25) is 5.91 Å². The molecule has 2 heterocycles. The van der Waals surface area contributed by atoms with Crippen molar-refractivity contribution in [1.29, 1.82) is 0 Å². The van der Waals surface area contributed by atoms with E-state index >= 15 is 0 Å². The molecule has 2 aromatic carbocycles. The van der Waals surface area contributed by atoms with E-state index in [9.17, 15) is 9.18 Å². The molecule has 1 amide bonds. The zero-order valence-corrected chi connectivity index (χ0v) is 14.5. The van der Waals surface area contributed by atoms with E-state index < -0.39 is 0 Å². The van der Waals surface area contributed by atoms with Crippen molar-refractivity contribution in [2.75, 3.05) is 6.54 Å². The molecule has 0 saturated carbocycles. The van der Waals surface area contributed by atoms with E-state index in [1.807, 2.05) is 29.2 Å². The van der Waals surface area contributed by atoms with Crippen LogP contribution < -0.4 is 0 Å². The molecule has 26 heavy (non-hydrogen) atoms. The van der Waals surface area contributed by atoms with Crippen molar-refractivity contribution >= 4 is 5.91 Å². The molecule has 1 atom stereocenters. The van der Waals surface area contributed by atoms with Crippen LogP contribution in [0.4, 0.5) is 4.39 Å². The minimum atomic E-state index is -0.249. The van der Waals surface area contributed by atoms with Crippen LogP contribution in [0.3, 0.4) is 0 Å². The molecule has 0 saturated heterocycles. The van der Waals surface area contributed by atoms with Crippen molar-refractivity contribution < 1.29 is 9.18 Å². The maximum absolute atomic E-state index is 13.0. The van der Waals surface area contributed by atoms with E-state index in [-0.39, 0.29) is 17.8 Å². The summed E-state index contributed by atoms with van der Waals surface area (Å²) in [7, 11) is 0. The fraction of sp³-hybridized carbons (Fsp3) is 0.227. The van der Waals surface area contributed by atoms with Gasteiger partial charge in [-0.25, -0.2) is 4.39 Å². The van der Waals surface area contributed by atoms with Gasteiger partial charge in [-0.15, -0.1) is 0 Å². The fourth-order valence-electron chi connectivity index (χ4n) is 3.68. The summed E-state index contributed by atoms with van der Waals surface area (Å²) in [4.78, 5) is 15.0. The Morgan fingerprint density at radius 3 is 2.50 bits per heavy atom. The molecular formula is C22H21FN2O. The Kier molecular flexibility index (Phi) is 4.57. The van der Waals surface area contributed by atoms with Gasteiger partial charge in [-0.3, -0.25) is 4.79 Å². The number of hydrogen-bond donors (Lipinski definition) is 0. The standard InChI is InChI=1S/C22H21FN2O/c23-19-11-8-17(9-12-19)10-13-21(26)25-16-15-24-14-4-7-20(24)22(25)18-5-2-1-3-6-18/h1-9,11-12,14,22H,10,13,15-16H2. The van der Waals surface area contributed by atoms with Crippen LogP contribution in [-0.2, 0) is 17.8 Å². The van der Waals surface area contributed by atoms with Gasteiger partial charge in [0.05, 0.1) is 6.04 Å². The lowest BCUT2D eigenvalue weighted by molar-refractivity contribution is -0.133. The van der Waals surface area contributed by atoms with E-state index in [1.54, 1.807) is 12.1 Å². The quantitative estimate of drug-likeness (QED) is 0.694. The zero-order valence-electron chi connectivity index (χ0n) is 14.5. The molecule has 1 aliphatic heterocycles. The molecule has 0 aliphatic carbocycles. The second-order valence-corrected chi connectivity index (χ2v) is 6.65. The van der Waals surface area contributed by atoms with E-state index in [2.05, 4.69) is 29.0 Å². The van der Waals surface area contributed by atoms with Gasteiger partial charge in [0.1, 0.15) is 5.82 Å². The Balaban J connectivity index is 1.56. The van der Waals surface area contributed by atoms with Crippen LogP contribution in [0.25, 0.3) is 0 Å². The van der Waals surface area contributed by atoms with Crippen LogP contribution in [0.15, 0.2) is 72.9 Å². The number of halogens is 1. The van der Waals surface area contributed by atoms with E-state index in [0.29, 0.717) is 19.4 Å². The zero-order chi connectivity index (χ0) is 17.9. The summed E-state index contributed by atoms with van der Waals surface area (Å²) in [5.74, 6) is -0.114. The van der Waals surface area contributed by atoms with Gasteiger partial charge in [0, 0.05) is 31.4 Å². The van der Waals surface area contributed by atoms with Crippen molar-refractivity contribution in [2.45, 2.75) is 25.4 Å². The predicted octanol–water partition coefficient (Wildman–Crippen LogP) is 4.19. The SMILES string of the molecule is O=C(CCc1ccc(F)cc1)N1CCn2cccc2C1c1ccccc1. The average molecular weight is 348 g/mol. The van der Waals surface area contributed by atoms with Crippen molar-refractivity contribution in [3.05, 3.63) is 95.6 Å². The first kappa shape index (κ1) is 16.6. The average Bonchev–Trinajstić information content (AvgIpc) is 3.16. The number of rotatable bonds is 4. The second-order valence-electron chi connectivity index (χ2n) is 6.65. The number of hydrogen-bond acceptors (Lipinski definition) is 1. The molecule has 4 heteroatoms. The number of aromatic nitrogens is 1. The van der Waals surface area contributed by atoms with Gasteiger partial charge < -0.3 is 9.47 Å². The molecule has 0 bridgehead atoms. The highest BCUT2D eigenvalue weighted by Crippen LogP contribution is 2.32. The van der Waals surface area contributed by atoms with Gasteiger partial charge in [0.15, 0.2) is 0 Å². The van der Waals surface area contributed by atoms with Crippen molar-refractivity contribution in [1.82, 2.24) is 9.47 Å². The normalized spacial score (nSPS) is 16.3. The Hall–Kier alpha value is -2.88. The Labute approximate surface area is 152 Å². The molecule has 132 valence electrons. The lowest BCUT2D eigenvalue weighted by Crippen LogP contribution is -2.42. The molecule has 0 N–H and O–H groups in total. The van der Waals surface area contributed by atoms with Gasteiger partial charge >= 0.3 is 0 Å². The molecule has 4 rings (SSSR count). The first-order valence-electron chi connectivity index (χ1n) is 8.96. The van der Waals surface area contributed by atoms with Gasteiger partial charge in [-0.1, -0.05) is 42.5 Å². The third-order valence-electron chi connectivity index (χ3n) is 5.01. The summed E-state index contributed by atoms with van der Waals surface area (Å²) < 4.78 is 15.3. The maximum atomic E-state index is 13.0. The Morgan fingerprint density at radius 2 is 1.73 bits per heavy atom. The summed E-state index contributed by atoms with van der Waals surface area (Å²) in [6.07, 6.45) is 3.12. The molecule has 1 unspecified atom stereocenters. The smallest absolute Gasteiger partial charge is 0.223 e. The summed E-state index contributed by atoms with van der Waals surface area (Å²) in [5.41, 5.74) is 3.26. The number of carbonyl (C=O) groups is 1. The Bertz CT molecular complexity index is 886. The lowest BCUT2D eigenvalue weighted by Gasteiger charge is -2.37. The van der Waals surface area contributed by atoms with Gasteiger partial charge in [-0.05, 0) is 41.8 Å². The predicted molar refractivity (Wildman–Crippen MR) is 99.2 cm³/mol. The minimum Gasteiger partial charge on any atom is -0.348 e. The molecular weight excluding hydrogens is 327 g/mol. The van der Waals surface area contributed by atoms with Crippen LogP contribution in [0.1, 0.15) is 29.3 Å². The Morgan fingerprint density at radius 1 is 0.962 bits per heavy atom. The summed E-state index contributed by atoms with van der Waals surface area (Å²) in [6.45, 7) is 1.51. The van der Waals surface area contributed by atoms with Gasteiger partial charge in [-0.2, -0.15) is 0 Å². The monoisotopic (exact) mass is 348 g/mol. The van der Waals surface area contributed by atoms with E-state index in [0.717, 1.165) is 23.4 Å². The first-order chi connectivity index (χ1) is 12.7. The topological polar surface area (TPSA) is 25.2 Å². The van der Waals surface area contributed by atoms with Crippen molar-refractivity contribution in [3.8, 4) is 0 Å². The molecule has 3 aromatic rings. The lowest BCUT2D eigenvalue weighted by atomic mass is 9.99. The third-order valence-corrected chi connectivity index (χ3v) is 5.01. The fourth-order valence-corrected chi connectivity index (χ4v) is 3.68. The van der Waals surface area contributed by atoms with Crippen LogP contribution >= 0.6 is 0 Å². The van der Waals surface area contributed by atoms with Crippen LogP contribution in [-0.4, -0.2) is 21.9 Å². The summed E-state index contributed by atoms with van der Waals surface area (Å²) >= 11 is 0. The second kappa shape index (κ2) is 7.16. The van der Waals surface area contributed by atoms with Crippen LogP contribution in [0, 0.1) is 5.82 Å². The van der Waals surface area contributed by atoms with Gasteiger partial charge in [0.25, 0.3) is 0 Å². The molecule has 0 radical (unpaired) electrons. The molecule has 1 aliphatic rings. The highest BCUT2D eigenvalue weighted by Gasteiger charge is 2.31. The number of carbonyl (C=O) groups excluding carboxylic acids is 1.